The van der Waals surface area contributed by atoms with Crippen molar-refractivity contribution in [3.8, 4) is 23.0 Å². The van der Waals surface area contributed by atoms with E-state index in [0.29, 0.717) is 22.1 Å². The van der Waals surface area contributed by atoms with E-state index in [1.165, 1.54) is 29.1 Å². The van der Waals surface area contributed by atoms with Gasteiger partial charge in [0, 0.05) is 11.8 Å². The molecule has 0 saturated heterocycles. The molecule has 8 heteroatoms. The van der Waals surface area contributed by atoms with Gasteiger partial charge in [0.2, 0.25) is 0 Å². The second kappa shape index (κ2) is 5.72. The Labute approximate surface area is 134 Å². The molecule has 0 fully saturated rings. The van der Waals surface area contributed by atoms with Gasteiger partial charge < -0.3 is 0 Å². The first kappa shape index (κ1) is 14.4. The molecule has 2 heterocycles. The first-order valence-electron chi connectivity index (χ1n) is 6.03. The quantitative estimate of drug-likeness (QED) is 0.671. The summed E-state index contributed by atoms with van der Waals surface area (Å²) >= 11 is 11.5. The van der Waals surface area contributed by atoms with Crippen molar-refractivity contribution in [2.45, 2.75) is 0 Å². The number of hydrogen-bond acceptors (Lipinski definition) is 4. The molecule has 0 radical (unpaired) electrons. The maximum atomic E-state index is 13.2. The van der Waals surface area contributed by atoms with Crippen molar-refractivity contribution in [3.05, 3.63) is 58.2 Å². The maximum Gasteiger partial charge on any atom is 0.172 e. The second-order valence-electron chi connectivity index (χ2n) is 4.28. The van der Waals surface area contributed by atoms with Crippen molar-refractivity contribution in [1.82, 2.24) is 20.0 Å². The Morgan fingerprint density at radius 1 is 1.18 bits per heavy atom. The number of benzene rings is 1. The average molecular weight is 334 g/mol. The number of aromatic nitrogens is 4. The lowest BCUT2D eigenvalue weighted by Crippen LogP contribution is -2.00. The fraction of sp³-hybridized carbons (Fsp3) is 0. The van der Waals surface area contributed by atoms with Crippen LogP contribution in [0.1, 0.15) is 5.69 Å². The van der Waals surface area contributed by atoms with E-state index in [4.69, 9.17) is 23.2 Å². The maximum absolute atomic E-state index is 13.2. The van der Waals surface area contributed by atoms with E-state index in [-0.39, 0.29) is 10.7 Å². The minimum atomic E-state index is -0.550. The molecule has 1 aromatic carbocycles. The van der Waals surface area contributed by atoms with Crippen LogP contribution in [0.5, 0.6) is 0 Å². The summed E-state index contributed by atoms with van der Waals surface area (Å²) in [4.78, 5) is 3.95. The number of nitrogens with zero attached hydrogens (tertiary/aromatic N) is 5. The van der Waals surface area contributed by atoms with Crippen LogP contribution in [0, 0.1) is 17.1 Å². The van der Waals surface area contributed by atoms with E-state index in [9.17, 15) is 9.65 Å². The van der Waals surface area contributed by atoms with Crippen molar-refractivity contribution in [1.29, 1.82) is 5.26 Å². The van der Waals surface area contributed by atoms with Gasteiger partial charge in [-0.05, 0) is 30.3 Å². The molecule has 0 aliphatic rings. The molecule has 3 aromatic rings. The Bertz CT molecular complexity index is 883. The van der Waals surface area contributed by atoms with Gasteiger partial charge in [-0.2, -0.15) is 5.26 Å². The third-order valence-corrected chi connectivity index (χ3v) is 3.44. The molecule has 5 nitrogen and oxygen atoms in total. The Hall–Kier alpha value is -2.49. The van der Waals surface area contributed by atoms with E-state index >= 15 is 0 Å². The molecule has 3 rings (SSSR count). The minimum absolute atomic E-state index is 0.0633. The first-order valence-corrected chi connectivity index (χ1v) is 6.79. The van der Waals surface area contributed by atoms with E-state index < -0.39 is 5.82 Å². The smallest absolute Gasteiger partial charge is 0.172 e. The van der Waals surface area contributed by atoms with Crippen LogP contribution in [0.4, 0.5) is 4.39 Å². The van der Waals surface area contributed by atoms with Gasteiger partial charge in [0.15, 0.2) is 5.69 Å². The normalized spacial score (nSPS) is 10.5. The standard InChI is InChI=1S/C14H6Cl2FN5/c15-10-5-9(2-3-11(10)17)22-12(6-18)14(20-21-22)8-1-4-13(16)19-7-8/h1-5,7H. The van der Waals surface area contributed by atoms with Gasteiger partial charge in [-0.1, -0.05) is 28.4 Å². The average Bonchev–Trinajstić information content (AvgIpc) is 2.94. The van der Waals surface area contributed by atoms with Gasteiger partial charge in [-0.25, -0.2) is 14.1 Å². The first-order chi connectivity index (χ1) is 10.6. The summed E-state index contributed by atoms with van der Waals surface area (Å²) in [5.41, 5.74) is 1.57. The highest BCUT2D eigenvalue weighted by atomic mass is 35.5. The van der Waals surface area contributed by atoms with Gasteiger partial charge >= 0.3 is 0 Å². The van der Waals surface area contributed by atoms with Gasteiger partial charge in [-0.15, -0.1) is 5.10 Å². The third kappa shape index (κ3) is 2.52. The summed E-state index contributed by atoms with van der Waals surface area (Å²) in [6.07, 6.45) is 1.50. The fourth-order valence-electron chi connectivity index (χ4n) is 1.89. The van der Waals surface area contributed by atoms with Crippen molar-refractivity contribution >= 4 is 23.2 Å². The summed E-state index contributed by atoms with van der Waals surface area (Å²) in [6, 6.07) is 9.33. The highest BCUT2D eigenvalue weighted by molar-refractivity contribution is 6.30. The SMILES string of the molecule is N#Cc1c(-c2ccc(Cl)nc2)nnn1-c1ccc(F)c(Cl)c1. The molecular formula is C14H6Cl2FN5. The molecule has 22 heavy (non-hydrogen) atoms. The van der Waals surface area contributed by atoms with Crippen LogP contribution in [0.25, 0.3) is 16.9 Å². The Morgan fingerprint density at radius 3 is 2.64 bits per heavy atom. The molecule has 0 N–H and O–H groups in total. The third-order valence-electron chi connectivity index (χ3n) is 2.92. The zero-order chi connectivity index (χ0) is 15.7. The van der Waals surface area contributed by atoms with Gasteiger partial charge in [0.1, 0.15) is 22.7 Å². The molecule has 108 valence electrons. The summed E-state index contributed by atoms with van der Waals surface area (Å²) in [5, 5.41) is 17.6. The number of halogens is 3. The van der Waals surface area contributed by atoms with Crippen LogP contribution >= 0.6 is 23.2 Å². The highest BCUT2D eigenvalue weighted by Crippen LogP contribution is 2.25. The lowest BCUT2D eigenvalue weighted by molar-refractivity contribution is 0.627. The predicted molar refractivity (Wildman–Crippen MR) is 79.3 cm³/mol. The predicted octanol–water partition coefficient (Wildman–Crippen LogP) is 3.65. The molecule has 0 spiro atoms. The van der Waals surface area contributed by atoms with Crippen LogP contribution < -0.4 is 0 Å². The Balaban J connectivity index is 2.13. The number of hydrogen-bond donors (Lipinski definition) is 0. The van der Waals surface area contributed by atoms with Crippen LogP contribution in [0.3, 0.4) is 0 Å². The molecule has 0 saturated carbocycles. The van der Waals surface area contributed by atoms with E-state index in [1.807, 2.05) is 6.07 Å². The van der Waals surface area contributed by atoms with Crippen molar-refractivity contribution in [2.75, 3.05) is 0 Å². The number of rotatable bonds is 2. The lowest BCUT2D eigenvalue weighted by atomic mass is 10.2. The molecule has 0 bridgehead atoms. The highest BCUT2D eigenvalue weighted by Gasteiger charge is 2.16. The van der Waals surface area contributed by atoms with Gasteiger partial charge in [-0.3, -0.25) is 0 Å². The van der Waals surface area contributed by atoms with Crippen LogP contribution in [0.15, 0.2) is 36.5 Å². The topological polar surface area (TPSA) is 67.4 Å². The van der Waals surface area contributed by atoms with Crippen LogP contribution in [-0.2, 0) is 0 Å². The Kier molecular flexibility index (Phi) is 3.75. The zero-order valence-electron chi connectivity index (χ0n) is 10.8. The van der Waals surface area contributed by atoms with Crippen molar-refractivity contribution < 1.29 is 4.39 Å². The molecular weight excluding hydrogens is 328 g/mol. The van der Waals surface area contributed by atoms with Crippen LogP contribution in [0.2, 0.25) is 10.2 Å². The molecule has 0 unspecified atom stereocenters. The molecule has 0 amide bonds. The van der Waals surface area contributed by atoms with Gasteiger partial charge in [0.25, 0.3) is 0 Å². The largest absolute Gasteiger partial charge is 0.244 e. The summed E-state index contributed by atoms with van der Waals surface area (Å²) in [5.74, 6) is -0.550. The summed E-state index contributed by atoms with van der Waals surface area (Å²) in [7, 11) is 0. The fourth-order valence-corrected chi connectivity index (χ4v) is 2.18. The molecule has 0 aliphatic heterocycles. The van der Waals surface area contributed by atoms with Crippen LogP contribution in [-0.4, -0.2) is 20.0 Å². The van der Waals surface area contributed by atoms with E-state index in [1.54, 1.807) is 12.1 Å². The summed E-state index contributed by atoms with van der Waals surface area (Å²) < 4.78 is 14.5. The van der Waals surface area contributed by atoms with Crippen molar-refractivity contribution in [2.24, 2.45) is 0 Å². The zero-order valence-corrected chi connectivity index (χ0v) is 12.3. The van der Waals surface area contributed by atoms with E-state index in [2.05, 4.69) is 15.3 Å². The molecule has 0 aliphatic carbocycles. The minimum Gasteiger partial charge on any atom is -0.244 e. The number of pyridine rings is 1. The van der Waals surface area contributed by atoms with Crippen molar-refractivity contribution in [3.63, 3.8) is 0 Å². The lowest BCUT2D eigenvalue weighted by Gasteiger charge is -2.03. The Morgan fingerprint density at radius 2 is 2.00 bits per heavy atom. The number of nitriles is 1. The second-order valence-corrected chi connectivity index (χ2v) is 5.07. The summed E-state index contributed by atoms with van der Waals surface area (Å²) in [6.45, 7) is 0. The van der Waals surface area contributed by atoms with Gasteiger partial charge in [0.05, 0.1) is 10.7 Å². The van der Waals surface area contributed by atoms with E-state index in [0.717, 1.165) is 0 Å². The molecule has 2 aromatic heterocycles. The monoisotopic (exact) mass is 333 g/mol. The molecule has 0 atom stereocenters.